The first-order valence-electron chi connectivity index (χ1n) is 9.60. The van der Waals surface area contributed by atoms with Crippen LogP contribution in [0.4, 0.5) is 4.39 Å². The topological polar surface area (TPSA) is 71.4 Å². The van der Waals surface area contributed by atoms with Gasteiger partial charge in [-0.15, -0.1) is 11.3 Å². The van der Waals surface area contributed by atoms with Crippen molar-refractivity contribution in [3.63, 3.8) is 0 Å². The van der Waals surface area contributed by atoms with Gasteiger partial charge in [0.15, 0.2) is 15.6 Å². The number of ketones is 1. The molecule has 2 rings (SSSR count). The van der Waals surface area contributed by atoms with E-state index in [4.69, 9.17) is 0 Å². The maximum Gasteiger partial charge on any atom is 0.194 e. The molecule has 1 heterocycles. The lowest BCUT2D eigenvalue weighted by Crippen LogP contribution is -2.20. The summed E-state index contributed by atoms with van der Waals surface area (Å²) in [6.45, 7) is 10.8. The average molecular weight is 441 g/mol. The molecule has 4 nitrogen and oxygen atoms in total. The summed E-state index contributed by atoms with van der Waals surface area (Å²) in [5, 5.41) is 11.6. The number of rotatable bonds is 8. The Morgan fingerprint density at radius 2 is 1.62 bits per heavy atom. The second kappa shape index (κ2) is 8.66. The second-order valence-electron chi connectivity index (χ2n) is 8.56. The Morgan fingerprint density at radius 1 is 1.10 bits per heavy atom. The number of hydrogen-bond donors (Lipinski definition) is 1. The van der Waals surface area contributed by atoms with E-state index in [9.17, 15) is 22.7 Å². The lowest BCUT2D eigenvalue weighted by atomic mass is 9.86. The summed E-state index contributed by atoms with van der Waals surface area (Å²) in [7, 11) is -3.81. The summed E-state index contributed by atoms with van der Waals surface area (Å²) >= 11 is 1.000. The Hall–Kier alpha value is -1.57. The van der Waals surface area contributed by atoms with E-state index in [0.717, 1.165) is 28.0 Å². The first kappa shape index (κ1) is 23.7. The quantitative estimate of drug-likeness (QED) is 0.631. The van der Waals surface area contributed by atoms with Crippen LogP contribution >= 0.6 is 11.3 Å². The normalized spacial score (nSPS) is 12.8. The monoisotopic (exact) mass is 440 g/mol. The second-order valence-corrected chi connectivity index (χ2v) is 11.7. The zero-order valence-corrected chi connectivity index (χ0v) is 19.4. The molecule has 1 aromatic heterocycles. The highest BCUT2D eigenvalue weighted by Crippen LogP contribution is 2.31. The molecule has 0 spiro atoms. The highest BCUT2D eigenvalue weighted by atomic mass is 32.2. The Balaban J connectivity index is 2.32. The lowest BCUT2D eigenvalue weighted by molar-refractivity contribution is -0.116. The van der Waals surface area contributed by atoms with Gasteiger partial charge in [-0.25, -0.2) is 12.8 Å². The van der Waals surface area contributed by atoms with E-state index >= 15 is 0 Å². The number of aliphatic hydroxyl groups is 1. The fraction of sp³-hybridized carbons (Fsp3) is 0.500. The highest BCUT2D eigenvalue weighted by molar-refractivity contribution is 7.94. The van der Waals surface area contributed by atoms with Crippen molar-refractivity contribution in [2.24, 2.45) is 0 Å². The van der Waals surface area contributed by atoms with Gasteiger partial charge >= 0.3 is 0 Å². The largest absolute Gasteiger partial charge is 0.386 e. The molecule has 0 atom stereocenters. The fourth-order valence-electron chi connectivity index (χ4n) is 3.25. The van der Waals surface area contributed by atoms with Crippen molar-refractivity contribution in [2.75, 3.05) is 5.75 Å². The van der Waals surface area contributed by atoms with Gasteiger partial charge in [0.1, 0.15) is 15.8 Å². The zero-order valence-electron chi connectivity index (χ0n) is 17.7. The molecule has 0 fully saturated rings. The Labute approximate surface area is 176 Å². The SMILES string of the molecule is CC(C)c1cc(F)cc(C(C)C)c1CC(=O)CS(=O)(=O)c1cc(C(C)(C)O)cs1. The van der Waals surface area contributed by atoms with Crippen LogP contribution in [0.1, 0.15) is 75.6 Å². The predicted octanol–water partition coefficient (Wildman–Crippen LogP) is 4.95. The number of benzene rings is 1. The molecule has 0 saturated heterocycles. The van der Waals surface area contributed by atoms with Crippen LogP contribution in [0.3, 0.4) is 0 Å². The average Bonchev–Trinajstić information content (AvgIpc) is 3.06. The molecule has 0 aliphatic heterocycles. The van der Waals surface area contributed by atoms with Crippen LogP contribution in [0.25, 0.3) is 0 Å². The Morgan fingerprint density at radius 3 is 2.03 bits per heavy atom. The number of carbonyl (C=O) groups excluding carboxylic acids is 1. The van der Waals surface area contributed by atoms with Crippen LogP contribution < -0.4 is 0 Å². The molecular weight excluding hydrogens is 411 g/mol. The molecule has 0 radical (unpaired) electrons. The minimum atomic E-state index is -3.81. The van der Waals surface area contributed by atoms with Gasteiger partial charge in [0.2, 0.25) is 0 Å². The highest BCUT2D eigenvalue weighted by Gasteiger charge is 2.26. The van der Waals surface area contributed by atoms with Crippen molar-refractivity contribution < 1.29 is 22.7 Å². The fourth-order valence-corrected chi connectivity index (χ4v) is 5.92. The van der Waals surface area contributed by atoms with E-state index in [1.807, 2.05) is 27.7 Å². The zero-order chi connectivity index (χ0) is 22.1. The Bertz CT molecular complexity index is 967. The molecule has 0 bridgehead atoms. The van der Waals surface area contributed by atoms with Gasteiger partial charge in [-0.3, -0.25) is 4.79 Å². The molecule has 1 aromatic carbocycles. The van der Waals surface area contributed by atoms with Crippen LogP contribution in [0.5, 0.6) is 0 Å². The van der Waals surface area contributed by atoms with Crippen LogP contribution in [0, 0.1) is 5.82 Å². The Kier molecular flexibility index (Phi) is 7.08. The van der Waals surface area contributed by atoms with Gasteiger partial charge in [-0.05, 0) is 71.5 Å². The molecule has 2 aromatic rings. The minimum absolute atomic E-state index is 0.00856. The molecule has 7 heteroatoms. The molecule has 0 aliphatic rings. The van der Waals surface area contributed by atoms with Gasteiger partial charge in [0, 0.05) is 6.42 Å². The third-order valence-corrected chi connectivity index (χ3v) is 8.05. The third kappa shape index (κ3) is 5.74. The standard InChI is InChI=1S/C22H29FO4S2/c1-13(2)18-8-16(23)9-19(14(3)4)20(18)10-17(24)12-29(26,27)21-7-15(11-28-21)22(5,6)25/h7-9,11,13-14,25H,10,12H2,1-6H3. The van der Waals surface area contributed by atoms with E-state index < -0.39 is 27.0 Å². The first-order valence-corrected chi connectivity index (χ1v) is 12.1. The number of Topliss-reactive ketones (excluding diaryl/α,β-unsaturated/α-hetero) is 1. The van der Waals surface area contributed by atoms with Crippen molar-refractivity contribution in [3.8, 4) is 0 Å². The van der Waals surface area contributed by atoms with E-state index in [2.05, 4.69) is 0 Å². The molecule has 0 amide bonds. The van der Waals surface area contributed by atoms with Crippen LogP contribution in [0.15, 0.2) is 27.8 Å². The van der Waals surface area contributed by atoms with Crippen LogP contribution in [0.2, 0.25) is 0 Å². The van der Waals surface area contributed by atoms with Crippen molar-refractivity contribution in [1.82, 2.24) is 0 Å². The number of hydrogen-bond acceptors (Lipinski definition) is 5. The molecule has 0 aliphatic carbocycles. The molecule has 160 valence electrons. The molecule has 1 N–H and O–H groups in total. The van der Waals surface area contributed by atoms with Gasteiger partial charge in [-0.1, -0.05) is 27.7 Å². The van der Waals surface area contributed by atoms with Gasteiger partial charge < -0.3 is 5.11 Å². The van der Waals surface area contributed by atoms with Crippen molar-refractivity contribution in [3.05, 3.63) is 51.7 Å². The van der Waals surface area contributed by atoms with Crippen molar-refractivity contribution in [2.45, 2.75) is 69.6 Å². The number of carbonyl (C=O) groups is 1. The molecule has 0 saturated carbocycles. The number of sulfone groups is 1. The smallest absolute Gasteiger partial charge is 0.194 e. The van der Waals surface area contributed by atoms with Crippen molar-refractivity contribution in [1.29, 1.82) is 0 Å². The predicted molar refractivity (Wildman–Crippen MR) is 115 cm³/mol. The number of halogens is 1. The van der Waals surface area contributed by atoms with E-state index in [1.165, 1.54) is 18.2 Å². The maximum absolute atomic E-state index is 14.1. The van der Waals surface area contributed by atoms with E-state index in [-0.39, 0.29) is 28.3 Å². The molecular formula is C22H29FO4S2. The van der Waals surface area contributed by atoms with E-state index in [1.54, 1.807) is 19.2 Å². The molecule has 0 unspecified atom stereocenters. The van der Waals surface area contributed by atoms with Crippen LogP contribution in [-0.2, 0) is 26.7 Å². The van der Waals surface area contributed by atoms with Gasteiger partial charge in [0.25, 0.3) is 0 Å². The molecule has 29 heavy (non-hydrogen) atoms. The van der Waals surface area contributed by atoms with Gasteiger partial charge in [0.05, 0.1) is 5.60 Å². The summed E-state index contributed by atoms with van der Waals surface area (Å²) < 4.78 is 39.5. The number of thiophene rings is 1. The third-order valence-electron chi connectivity index (χ3n) is 4.84. The van der Waals surface area contributed by atoms with Gasteiger partial charge in [-0.2, -0.15) is 0 Å². The van der Waals surface area contributed by atoms with Crippen molar-refractivity contribution >= 4 is 27.0 Å². The first-order chi connectivity index (χ1) is 13.2. The summed E-state index contributed by atoms with van der Waals surface area (Å²) in [4.78, 5) is 12.7. The summed E-state index contributed by atoms with van der Waals surface area (Å²) in [5.41, 5.74) is 1.54. The summed E-state index contributed by atoms with van der Waals surface area (Å²) in [6.07, 6.45) is -0.0513. The summed E-state index contributed by atoms with van der Waals surface area (Å²) in [6, 6.07) is 4.29. The maximum atomic E-state index is 14.1. The summed E-state index contributed by atoms with van der Waals surface area (Å²) in [5.74, 6) is -1.38. The minimum Gasteiger partial charge on any atom is -0.386 e. The van der Waals surface area contributed by atoms with E-state index in [0.29, 0.717) is 5.56 Å². The van der Waals surface area contributed by atoms with Crippen LogP contribution in [-0.4, -0.2) is 25.1 Å². The lowest BCUT2D eigenvalue weighted by Gasteiger charge is -2.19.